The van der Waals surface area contributed by atoms with Crippen molar-refractivity contribution in [1.82, 2.24) is 19.7 Å². The number of benzene rings is 3. The van der Waals surface area contributed by atoms with Crippen LogP contribution < -0.4 is 15.2 Å². The van der Waals surface area contributed by atoms with E-state index in [-0.39, 0.29) is 12.4 Å². The first-order valence-electron chi connectivity index (χ1n) is 13.0. The lowest BCUT2D eigenvalue weighted by Gasteiger charge is -2.14. The SMILES string of the molecule is Nc1ncnc2c1c(-c1ccc(Oc3cccc(COc4ccccc4C(F)(F)F)c3)cc1)nn2C1CCCC1. The molecular formula is C30H26F3N5O2. The highest BCUT2D eigenvalue weighted by molar-refractivity contribution is 5.98. The van der Waals surface area contributed by atoms with Crippen LogP contribution in [0.4, 0.5) is 19.0 Å². The lowest BCUT2D eigenvalue weighted by molar-refractivity contribution is -0.139. The zero-order valence-corrected chi connectivity index (χ0v) is 21.4. The molecule has 40 heavy (non-hydrogen) atoms. The minimum Gasteiger partial charge on any atom is -0.488 e. The van der Waals surface area contributed by atoms with Crippen molar-refractivity contribution in [3.05, 3.63) is 90.3 Å². The molecule has 1 fully saturated rings. The highest BCUT2D eigenvalue weighted by Crippen LogP contribution is 2.38. The zero-order chi connectivity index (χ0) is 27.7. The number of rotatable bonds is 7. The molecule has 1 saturated carbocycles. The van der Waals surface area contributed by atoms with E-state index in [9.17, 15) is 13.2 Å². The van der Waals surface area contributed by atoms with Gasteiger partial charge in [-0.2, -0.15) is 18.3 Å². The molecule has 7 nitrogen and oxygen atoms in total. The van der Waals surface area contributed by atoms with Crippen LogP contribution >= 0.6 is 0 Å². The van der Waals surface area contributed by atoms with Crippen molar-refractivity contribution in [1.29, 1.82) is 0 Å². The molecule has 2 aromatic heterocycles. The molecule has 1 aliphatic rings. The van der Waals surface area contributed by atoms with E-state index in [1.54, 1.807) is 24.3 Å². The van der Waals surface area contributed by atoms with Crippen LogP contribution in [0.5, 0.6) is 17.2 Å². The molecule has 204 valence electrons. The van der Waals surface area contributed by atoms with Gasteiger partial charge in [-0.3, -0.25) is 0 Å². The van der Waals surface area contributed by atoms with E-state index >= 15 is 0 Å². The van der Waals surface area contributed by atoms with Gasteiger partial charge < -0.3 is 15.2 Å². The van der Waals surface area contributed by atoms with Crippen LogP contribution in [0.2, 0.25) is 0 Å². The van der Waals surface area contributed by atoms with Crippen LogP contribution in [0.3, 0.4) is 0 Å². The van der Waals surface area contributed by atoms with Crippen LogP contribution in [0.15, 0.2) is 79.1 Å². The summed E-state index contributed by atoms with van der Waals surface area (Å²) in [6.07, 6.45) is 1.44. The van der Waals surface area contributed by atoms with E-state index in [0.29, 0.717) is 28.9 Å². The number of nitrogens with two attached hydrogens (primary N) is 1. The Morgan fingerprint density at radius 2 is 1.68 bits per heavy atom. The second-order valence-electron chi connectivity index (χ2n) is 9.75. The summed E-state index contributed by atoms with van der Waals surface area (Å²) in [6.45, 7) is -0.0382. The van der Waals surface area contributed by atoms with Gasteiger partial charge in [0.05, 0.1) is 17.0 Å². The highest BCUT2D eigenvalue weighted by Gasteiger charge is 2.34. The van der Waals surface area contributed by atoms with Crippen LogP contribution in [0, 0.1) is 0 Å². The van der Waals surface area contributed by atoms with Gasteiger partial charge in [0.2, 0.25) is 0 Å². The van der Waals surface area contributed by atoms with Crippen molar-refractivity contribution in [2.75, 3.05) is 5.73 Å². The van der Waals surface area contributed by atoms with Gasteiger partial charge in [0, 0.05) is 5.56 Å². The van der Waals surface area contributed by atoms with Crippen LogP contribution in [-0.2, 0) is 12.8 Å². The molecule has 2 heterocycles. The number of anilines is 1. The molecule has 2 N–H and O–H groups in total. The average molecular weight is 546 g/mol. The number of halogens is 3. The van der Waals surface area contributed by atoms with Crippen molar-refractivity contribution >= 4 is 16.9 Å². The van der Waals surface area contributed by atoms with Gasteiger partial charge in [0.25, 0.3) is 0 Å². The van der Waals surface area contributed by atoms with Crippen molar-refractivity contribution < 1.29 is 22.6 Å². The number of nitrogen functional groups attached to an aromatic ring is 1. The molecule has 0 unspecified atom stereocenters. The van der Waals surface area contributed by atoms with Gasteiger partial charge in [-0.05, 0) is 66.9 Å². The fourth-order valence-electron chi connectivity index (χ4n) is 5.10. The first kappa shape index (κ1) is 25.7. The second kappa shape index (κ2) is 10.5. The van der Waals surface area contributed by atoms with Crippen molar-refractivity contribution in [3.63, 3.8) is 0 Å². The maximum atomic E-state index is 13.3. The van der Waals surface area contributed by atoms with Gasteiger partial charge in [-0.1, -0.05) is 37.1 Å². The predicted octanol–water partition coefficient (Wildman–Crippen LogP) is 7.58. The summed E-state index contributed by atoms with van der Waals surface area (Å²) in [5.74, 6) is 1.30. The monoisotopic (exact) mass is 545 g/mol. The van der Waals surface area contributed by atoms with Crippen LogP contribution in [0.25, 0.3) is 22.3 Å². The van der Waals surface area contributed by atoms with E-state index in [2.05, 4.69) is 9.97 Å². The Morgan fingerprint density at radius 1 is 0.900 bits per heavy atom. The molecule has 0 atom stereocenters. The predicted molar refractivity (Wildman–Crippen MR) is 145 cm³/mol. The minimum atomic E-state index is -4.49. The Hall–Kier alpha value is -4.60. The van der Waals surface area contributed by atoms with Gasteiger partial charge >= 0.3 is 6.18 Å². The standard InChI is InChI=1S/C30H26F3N5O2/c31-30(32,33)24-10-3-4-11-25(24)39-17-19-6-5-9-23(16-19)40-22-14-12-20(13-15-22)27-26-28(34)35-18-36-29(26)38(37-27)21-7-1-2-8-21/h3-6,9-16,18,21H,1-2,7-8,17H2,(H2,34,35,36). The number of hydrogen-bond acceptors (Lipinski definition) is 6. The molecule has 0 radical (unpaired) electrons. The lowest BCUT2D eigenvalue weighted by Crippen LogP contribution is -2.08. The fraction of sp³-hybridized carbons (Fsp3) is 0.233. The lowest BCUT2D eigenvalue weighted by atomic mass is 10.1. The summed E-state index contributed by atoms with van der Waals surface area (Å²) in [7, 11) is 0. The topological polar surface area (TPSA) is 88.1 Å². The molecule has 0 bridgehead atoms. The van der Waals surface area contributed by atoms with E-state index in [4.69, 9.17) is 20.3 Å². The van der Waals surface area contributed by atoms with E-state index in [1.807, 2.05) is 28.9 Å². The zero-order valence-electron chi connectivity index (χ0n) is 21.4. The third-order valence-electron chi connectivity index (χ3n) is 7.04. The average Bonchev–Trinajstić information content (AvgIpc) is 3.61. The summed E-state index contributed by atoms with van der Waals surface area (Å²) in [6, 6.07) is 20.0. The van der Waals surface area contributed by atoms with Gasteiger partial charge in [-0.25, -0.2) is 14.6 Å². The maximum Gasteiger partial charge on any atom is 0.419 e. The summed E-state index contributed by atoms with van der Waals surface area (Å²) in [4.78, 5) is 8.67. The first-order chi connectivity index (χ1) is 19.4. The number of alkyl halides is 3. The smallest absolute Gasteiger partial charge is 0.419 e. The summed E-state index contributed by atoms with van der Waals surface area (Å²) < 4.78 is 53.3. The summed E-state index contributed by atoms with van der Waals surface area (Å²) >= 11 is 0. The van der Waals surface area contributed by atoms with Crippen LogP contribution in [0.1, 0.15) is 42.9 Å². The Balaban J connectivity index is 1.19. The van der Waals surface area contributed by atoms with Crippen LogP contribution in [-0.4, -0.2) is 19.7 Å². The number of para-hydroxylation sites is 1. The van der Waals surface area contributed by atoms with Gasteiger partial charge in [0.1, 0.15) is 41.7 Å². The largest absolute Gasteiger partial charge is 0.488 e. The molecule has 6 rings (SSSR count). The number of aromatic nitrogens is 4. The molecule has 3 aromatic carbocycles. The Labute approximate surface area is 228 Å². The number of nitrogens with zero attached hydrogens (tertiary/aromatic N) is 4. The van der Waals surface area contributed by atoms with Crippen molar-refractivity contribution in [2.24, 2.45) is 0 Å². The summed E-state index contributed by atoms with van der Waals surface area (Å²) in [5.41, 5.74) is 8.44. The Bertz CT molecular complexity index is 1640. The van der Waals surface area contributed by atoms with Crippen molar-refractivity contribution in [3.8, 4) is 28.5 Å². The fourth-order valence-corrected chi connectivity index (χ4v) is 5.10. The van der Waals surface area contributed by atoms with Gasteiger partial charge in [-0.15, -0.1) is 0 Å². The molecule has 0 saturated heterocycles. The first-order valence-corrected chi connectivity index (χ1v) is 13.0. The molecule has 0 aliphatic heterocycles. The third-order valence-corrected chi connectivity index (χ3v) is 7.04. The Morgan fingerprint density at radius 3 is 2.45 bits per heavy atom. The number of ether oxygens (including phenoxy) is 2. The maximum absolute atomic E-state index is 13.3. The van der Waals surface area contributed by atoms with Gasteiger partial charge in [0.15, 0.2) is 5.65 Å². The Kier molecular flexibility index (Phi) is 6.75. The van der Waals surface area contributed by atoms with Crippen molar-refractivity contribution in [2.45, 2.75) is 44.5 Å². The molecule has 1 aliphatic carbocycles. The molecule has 0 amide bonds. The van der Waals surface area contributed by atoms with E-state index < -0.39 is 11.7 Å². The minimum absolute atomic E-state index is 0.0382. The summed E-state index contributed by atoms with van der Waals surface area (Å²) in [5, 5.41) is 5.64. The van der Waals surface area contributed by atoms with E-state index in [1.165, 1.54) is 37.4 Å². The molecular weight excluding hydrogens is 519 g/mol. The highest BCUT2D eigenvalue weighted by atomic mass is 19.4. The normalized spacial score (nSPS) is 14.1. The quantitative estimate of drug-likeness (QED) is 0.227. The van der Waals surface area contributed by atoms with E-state index in [0.717, 1.165) is 41.2 Å². The second-order valence-corrected chi connectivity index (χ2v) is 9.75. The third kappa shape index (κ3) is 5.16. The molecule has 10 heteroatoms. The molecule has 5 aromatic rings. The number of hydrogen-bond donors (Lipinski definition) is 1. The molecule has 0 spiro atoms. The number of fused-ring (bicyclic) bond motifs is 1.